The van der Waals surface area contributed by atoms with E-state index in [1.165, 1.54) is 6.07 Å². The van der Waals surface area contributed by atoms with Crippen LogP contribution in [0.25, 0.3) is 0 Å². The van der Waals surface area contributed by atoms with Crippen molar-refractivity contribution in [1.29, 1.82) is 0 Å². The first-order chi connectivity index (χ1) is 7.70. The Kier molecular flexibility index (Phi) is 3.66. The highest BCUT2D eigenvalue weighted by molar-refractivity contribution is 7.99. The molecule has 1 aromatic rings. The van der Waals surface area contributed by atoms with E-state index in [0.29, 0.717) is 5.11 Å². The molecule has 16 heavy (non-hydrogen) atoms. The van der Waals surface area contributed by atoms with E-state index in [1.807, 2.05) is 6.07 Å². The molecule has 1 heterocycles. The predicted molar refractivity (Wildman–Crippen MR) is 69.3 cm³/mol. The summed E-state index contributed by atoms with van der Waals surface area (Å²) < 4.78 is 13.2. The summed E-state index contributed by atoms with van der Waals surface area (Å²) in [7, 11) is 1.78. The first-order valence-electron chi connectivity index (χ1n) is 5.11. The third kappa shape index (κ3) is 2.47. The van der Waals surface area contributed by atoms with Gasteiger partial charge in [-0.15, -0.1) is 11.8 Å². The van der Waals surface area contributed by atoms with Crippen LogP contribution in [0.1, 0.15) is 18.0 Å². The number of fused-ring (bicyclic) bond motifs is 1. The van der Waals surface area contributed by atoms with Crippen LogP contribution in [0.3, 0.4) is 0 Å². The van der Waals surface area contributed by atoms with Gasteiger partial charge in [0.05, 0.1) is 6.04 Å². The largest absolute Gasteiger partial charge is 0.366 e. The molecular weight excluding hydrogens is 243 g/mol. The van der Waals surface area contributed by atoms with Gasteiger partial charge in [0.1, 0.15) is 5.82 Å². The molecule has 1 aliphatic rings. The monoisotopic (exact) mass is 256 g/mol. The van der Waals surface area contributed by atoms with Crippen LogP contribution in [0.4, 0.5) is 4.39 Å². The van der Waals surface area contributed by atoms with E-state index in [4.69, 9.17) is 12.2 Å². The van der Waals surface area contributed by atoms with Crippen molar-refractivity contribution in [1.82, 2.24) is 10.6 Å². The fraction of sp³-hybridized carbons (Fsp3) is 0.364. The first kappa shape index (κ1) is 11.7. The average Bonchev–Trinajstić information content (AvgIpc) is 2.29. The van der Waals surface area contributed by atoms with Crippen LogP contribution in [0.15, 0.2) is 23.1 Å². The van der Waals surface area contributed by atoms with Crippen molar-refractivity contribution in [3.63, 3.8) is 0 Å². The van der Waals surface area contributed by atoms with Crippen LogP contribution in [0, 0.1) is 5.82 Å². The third-order valence-electron chi connectivity index (χ3n) is 2.54. The maximum atomic E-state index is 13.2. The Labute approximate surface area is 104 Å². The van der Waals surface area contributed by atoms with E-state index in [2.05, 4.69) is 10.6 Å². The minimum atomic E-state index is -0.191. The number of thiocarbonyl (C=S) groups is 1. The van der Waals surface area contributed by atoms with Crippen LogP contribution in [0.2, 0.25) is 0 Å². The normalized spacial score (nSPS) is 18.8. The van der Waals surface area contributed by atoms with E-state index >= 15 is 0 Å². The van der Waals surface area contributed by atoms with Gasteiger partial charge in [-0.2, -0.15) is 0 Å². The van der Waals surface area contributed by atoms with Crippen molar-refractivity contribution in [2.75, 3.05) is 12.8 Å². The quantitative estimate of drug-likeness (QED) is 0.754. The van der Waals surface area contributed by atoms with Crippen LogP contribution < -0.4 is 10.6 Å². The molecule has 0 saturated heterocycles. The summed E-state index contributed by atoms with van der Waals surface area (Å²) in [6.45, 7) is 0. The first-order valence-corrected chi connectivity index (χ1v) is 6.50. The van der Waals surface area contributed by atoms with E-state index < -0.39 is 0 Å². The molecule has 0 saturated carbocycles. The van der Waals surface area contributed by atoms with Gasteiger partial charge >= 0.3 is 0 Å². The molecule has 0 spiro atoms. The predicted octanol–water partition coefficient (Wildman–Crippen LogP) is 2.46. The highest BCUT2D eigenvalue weighted by atomic mass is 32.2. The number of benzene rings is 1. The molecule has 2 N–H and O–H groups in total. The van der Waals surface area contributed by atoms with E-state index in [1.54, 1.807) is 24.9 Å². The summed E-state index contributed by atoms with van der Waals surface area (Å²) in [4.78, 5) is 1.14. The number of rotatable bonds is 1. The van der Waals surface area contributed by atoms with Crippen molar-refractivity contribution in [2.24, 2.45) is 0 Å². The third-order valence-corrected chi connectivity index (χ3v) is 3.99. The molecule has 1 atom stereocenters. The topological polar surface area (TPSA) is 24.1 Å². The average molecular weight is 256 g/mol. The summed E-state index contributed by atoms with van der Waals surface area (Å²) in [5.74, 6) is 0.839. The van der Waals surface area contributed by atoms with Crippen LogP contribution in [0.5, 0.6) is 0 Å². The molecule has 0 bridgehead atoms. The van der Waals surface area contributed by atoms with Crippen molar-refractivity contribution in [3.05, 3.63) is 29.6 Å². The lowest BCUT2D eigenvalue weighted by Crippen LogP contribution is -2.36. The molecule has 0 aromatic heterocycles. The van der Waals surface area contributed by atoms with E-state index in [9.17, 15) is 4.39 Å². The molecule has 0 radical (unpaired) electrons. The lowest BCUT2D eigenvalue weighted by Gasteiger charge is -2.26. The van der Waals surface area contributed by atoms with Gasteiger partial charge in [0, 0.05) is 17.7 Å². The summed E-state index contributed by atoms with van der Waals surface area (Å²) in [6, 6.07) is 5.06. The van der Waals surface area contributed by atoms with Crippen molar-refractivity contribution in [2.45, 2.75) is 17.4 Å². The second-order valence-electron chi connectivity index (χ2n) is 3.60. The minimum absolute atomic E-state index is 0.117. The van der Waals surface area contributed by atoms with Gasteiger partial charge in [-0.3, -0.25) is 0 Å². The van der Waals surface area contributed by atoms with Crippen molar-refractivity contribution in [3.8, 4) is 0 Å². The maximum absolute atomic E-state index is 13.2. The van der Waals surface area contributed by atoms with Crippen LogP contribution in [-0.2, 0) is 0 Å². The minimum Gasteiger partial charge on any atom is -0.366 e. The summed E-state index contributed by atoms with van der Waals surface area (Å²) in [5.41, 5.74) is 1.01. The zero-order chi connectivity index (χ0) is 11.5. The molecule has 1 aromatic carbocycles. The highest BCUT2D eigenvalue weighted by Crippen LogP contribution is 2.36. The van der Waals surface area contributed by atoms with Gasteiger partial charge < -0.3 is 10.6 Å². The fourth-order valence-corrected chi connectivity index (χ4v) is 2.99. The lowest BCUT2D eigenvalue weighted by molar-refractivity contribution is 0.583. The number of hydrogen-bond acceptors (Lipinski definition) is 2. The fourth-order valence-electron chi connectivity index (χ4n) is 1.75. The Bertz CT molecular complexity index is 409. The van der Waals surface area contributed by atoms with Crippen LogP contribution >= 0.6 is 24.0 Å². The Hall–Kier alpha value is -0.810. The van der Waals surface area contributed by atoms with Gasteiger partial charge in [-0.05, 0) is 42.4 Å². The van der Waals surface area contributed by atoms with Gasteiger partial charge in [-0.25, -0.2) is 4.39 Å². The van der Waals surface area contributed by atoms with E-state index in [0.717, 1.165) is 22.6 Å². The summed E-state index contributed by atoms with van der Waals surface area (Å²) in [5, 5.41) is 6.67. The van der Waals surface area contributed by atoms with Crippen molar-refractivity contribution >= 4 is 29.1 Å². The highest BCUT2D eigenvalue weighted by Gasteiger charge is 2.21. The smallest absolute Gasteiger partial charge is 0.166 e. The van der Waals surface area contributed by atoms with Gasteiger partial charge in [0.15, 0.2) is 5.11 Å². The second-order valence-corrected chi connectivity index (χ2v) is 5.14. The molecule has 2 nitrogen and oxygen atoms in total. The summed E-state index contributed by atoms with van der Waals surface area (Å²) >= 11 is 6.84. The van der Waals surface area contributed by atoms with Gasteiger partial charge in [-0.1, -0.05) is 0 Å². The van der Waals surface area contributed by atoms with Crippen LogP contribution in [-0.4, -0.2) is 17.9 Å². The lowest BCUT2D eigenvalue weighted by atomic mass is 10.0. The Balaban J connectivity index is 2.24. The van der Waals surface area contributed by atoms with E-state index in [-0.39, 0.29) is 11.9 Å². The number of hydrogen-bond donors (Lipinski definition) is 2. The Morgan fingerprint density at radius 1 is 1.56 bits per heavy atom. The number of nitrogens with one attached hydrogen (secondary N) is 2. The SMILES string of the molecule is CNC(=S)NC1CCSc2ccc(F)cc21. The Morgan fingerprint density at radius 2 is 2.38 bits per heavy atom. The zero-order valence-electron chi connectivity index (χ0n) is 8.92. The molecule has 2 rings (SSSR count). The second kappa shape index (κ2) is 5.01. The molecule has 1 unspecified atom stereocenters. The standard InChI is InChI=1S/C11H13FN2S2/c1-13-11(15)14-9-4-5-16-10-3-2-7(12)6-8(9)10/h2-3,6,9H,4-5H2,1H3,(H2,13,14,15). The molecular formula is C11H13FN2S2. The Morgan fingerprint density at radius 3 is 3.12 bits per heavy atom. The molecule has 0 aliphatic carbocycles. The molecule has 0 fully saturated rings. The van der Waals surface area contributed by atoms with Gasteiger partial charge in [0.2, 0.25) is 0 Å². The number of thioether (sulfide) groups is 1. The molecule has 1 aliphatic heterocycles. The molecule has 0 amide bonds. The molecule has 5 heteroatoms. The van der Waals surface area contributed by atoms with Crippen molar-refractivity contribution < 1.29 is 4.39 Å². The maximum Gasteiger partial charge on any atom is 0.166 e. The zero-order valence-corrected chi connectivity index (χ0v) is 10.6. The summed E-state index contributed by atoms with van der Waals surface area (Å²) in [6.07, 6.45) is 0.961. The van der Waals surface area contributed by atoms with Gasteiger partial charge in [0.25, 0.3) is 0 Å². The molecule has 86 valence electrons. The number of halogens is 1.